The highest BCUT2D eigenvalue weighted by atomic mass is 35.5. The lowest BCUT2D eigenvalue weighted by Crippen LogP contribution is -1.99. The SMILES string of the molecule is Cc1ccc(COc2ccc(C(=O)O)cc2Cl)cc1. The first-order valence-electron chi connectivity index (χ1n) is 5.77. The molecule has 0 amide bonds. The van der Waals surface area contributed by atoms with Crippen LogP contribution in [0.5, 0.6) is 5.75 Å². The second-order valence-corrected chi connectivity index (χ2v) is 4.63. The Kier molecular flexibility index (Phi) is 4.07. The number of carboxylic acids is 1. The van der Waals surface area contributed by atoms with Crippen molar-refractivity contribution in [2.45, 2.75) is 13.5 Å². The summed E-state index contributed by atoms with van der Waals surface area (Å²) in [7, 11) is 0. The van der Waals surface area contributed by atoms with Gasteiger partial charge in [-0.15, -0.1) is 0 Å². The van der Waals surface area contributed by atoms with Gasteiger partial charge in [0, 0.05) is 0 Å². The van der Waals surface area contributed by atoms with E-state index in [4.69, 9.17) is 21.4 Å². The molecule has 0 fully saturated rings. The van der Waals surface area contributed by atoms with E-state index in [1.807, 2.05) is 31.2 Å². The Balaban J connectivity index is 2.07. The predicted octanol–water partition coefficient (Wildman–Crippen LogP) is 3.93. The number of ether oxygens (including phenoxy) is 1. The minimum atomic E-state index is -1.01. The normalized spacial score (nSPS) is 10.2. The maximum Gasteiger partial charge on any atom is 0.335 e. The number of hydrogen-bond donors (Lipinski definition) is 1. The molecule has 4 heteroatoms. The minimum absolute atomic E-state index is 0.146. The third kappa shape index (κ3) is 3.48. The van der Waals surface area contributed by atoms with Gasteiger partial charge in [-0.2, -0.15) is 0 Å². The van der Waals surface area contributed by atoms with Crippen LogP contribution in [-0.4, -0.2) is 11.1 Å². The highest BCUT2D eigenvalue weighted by Gasteiger charge is 2.08. The van der Waals surface area contributed by atoms with Gasteiger partial charge in [0.1, 0.15) is 12.4 Å². The molecule has 0 radical (unpaired) electrons. The number of benzene rings is 2. The van der Waals surface area contributed by atoms with Crippen LogP contribution in [0, 0.1) is 6.92 Å². The Morgan fingerprint density at radius 2 is 1.89 bits per heavy atom. The van der Waals surface area contributed by atoms with E-state index in [-0.39, 0.29) is 5.56 Å². The molecule has 98 valence electrons. The van der Waals surface area contributed by atoms with Gasteiger partial charge in [0.2, 0.25) is 0 Å². The first-order chi connectivity index (χ1) is 9.06. The number of rotatable bonds is 4. The Bertz CT molecular complexity index is 591. The fourth-order valence-corrected chi connectivity index (χ4v) is 1.83. The van der Waals surface area contributed by atoms with Gasteiger partial charge >= 0.3 is 5.97 Å². The van der Waals surface area contributed by atoms with E-state index in [9.17, 15) is 4.79 Å². The average Bonchev–Trinajstić information content (AvgIpc) is 2.39. The third-order valence-electron chi connectivity index (χ3n) is 2.69. The van der Waals surface area contributed by atoms with Gasteiger partial charge in [-0.05, 0) is 30.7 Å². The van der Waals surface area contributed by atoms with Crippen molar-refractivity contribution in [2.24, 2.45) is 0 Å². The number of aryl methyl sites for hydroxylation is 1. The van der Waals surface area contributed by atoms with Crippen molar-refractivity contribution in [1.82, 2.24) is 0 Å². The summed E-state index contributed by atoms with van der Waals surface area (Å²) in [6.07, 6.45) is 0. The van der Waals surface area contributed by atoms with Crippen LogP contribution in [-0.2, 0) is 6.61 Å². The molecule has 2 aromatic rings. The topological polar surface area (TPSA) is 46.5 Å². The van der Waals surface area contributed by atoms with Gasteiger partial charge in [-0.25, -0.2) is 4.79 Å². The lowest BCUT2D eigenvalue weighted by atomic mass is 10.2. The summed E-state index contributed by atoms with van der Waals surface area (Å²) in [6.45, 7) is 2.42. The van der Waals surface area contributed by atoms with Crippen LogP contribution in [0.4, 0.5) is 0 Å². The van der Waals surface area contributed by atoms with Crippen LogP contribution in [0.15, 0.2) is 42.5 Å². The predicted molar refractivity (Wildman–Crippen MR) is 73.9 cm³/mol. The van der Waals surface area contributed by atoms with Crippen LogP contribution < -0.4 is 4.74 Å². The molecule has 0 saturated heterocycles. The number of halogens is 1. The molecular weight excluding hydrogens is 264 g/mol. The molecular formula is C15H13ClO3. The molecule has 1 N–H and O–H groups in total. The van der Waals surface area contributed by atoms with Crippen molar-refractivity contribution in [3.05, 3.63) is 64.2 Å². The summed E-state index contributed by atoms with van der Waals surface area (Å²) >= 11 is 5.98. The van der Waals surface area contributed by atoms with Crippen LogP contribution in [0.1, 0.15) is 21.5 Å². The molecule has 0 spiro atoms. The number of hydrogen-bond acceptors (Lipinski definition) is 2. The number of carboxylic acid groups (broad SMARTS) is 1. The largest absolute Gasteiger partial charge is 0.487 e. The van der Waals surface area contributed by atoms with E-state index in [1.54, 1.807) is 6.07 Å². The van der Waals surface area contributed by atoms with Gasteiger partial charge in [0.05, 0.1) is 10.6 Å². The van der Waals surface area contributed by atoms with Crippen LogP contribution in [0.2, 0.25) is 5.02 Å². The Morgan fingerprint density at radius 3 is 2.47 bits per heavy atom. The van der Waals surface area contributed by atoms with Crippen molar-refractivity contribution in [2.75, 3.05) is 0 Å². The van der Waals surface area contributed by atoms with Crippen molar-refractivity contribution in [1.29, 1.82) is 0 Å². The first-order valence-corrected chi connectivity index (χ1v) is 6.15. The molecule has 0 atom stereocenters. The molecule has 0 aliphatic rings. The fraction of sp³-hybridized carbons (Fsp3) is 0.133. The first kappa shape index (κ1) is 13.4. The van der Waals surface area contributed by atoms with Gasteiger partial charge < -0.3 is 9.84 Å². The van der Waals surface area contributed by atoms with Crippen LogP contribution in [0.25, 0.3) is 0 Å². The molecule has 0 aliphatic carbocycles. The van der Waals surface area contributed by atoms with Crippen molar-refractivity contribution >= 4 is 17.6 Å². The zero-order chi connectivity index (χ0) is 13.8. The number of aromatic carboxylic acids is 1. The van der Waals surface area contributed by atoms with E-state index >= 15 is 0 Å². The van der Waals surface area contributed by atoms with Gasteiger partial charge in [-0.3, -0.25) is 0 Å². The van der Waals surface area contributed by atoms with Crippen molar-refractivity contribution in [3.8, 4) is 5.75 Å². The zero-order valence-corrected chi connectivity index (χ0v) is 11.1. The van der Waals surface area contributed by atoms with E-state index in [0.29, 0.717) is 17.4 Å². The van der Waals surface area contributed by atoms with E-state index in [1.165, 1.54) is 17.7 Å². The van der Waals surface area contributed by atoms with Crippen molar-refractivity contribution < 1.29 is 14.6 Å². The standard InChI is InChI=1S/C15H13ClO3/c1-10-2-4-11(5-3-10)9-19-14-7-6-12(15(17)18)8-13(14)16/h2-8H,9H2,1H3,(H,17,18). The summed E-state index contributed by atoms with van der Waals surface area (Å²) in [6, 6.07) is 12.4. The molecule has 2 aromatic carbocycles. The van der Waals surface area contributed by atoms with E-state index < -0.39 is 5.97 Å². The molecule has 0 aromatic heterocycles. The monoisotopic (exact) mass is 276 g/mol. The molecule has 0 heterocycles. The molecule has 0 saturated carbocycles. The highest BCUT2D eigenvalue weighted by Crippen LogP contribution is 2.26. The Hall–Kier alpha value is -2.00. The molecule has 3 nitrogen and oxygen atoms in total. The van der Waals surface area contributed by atoms with Crippen LogP contribution in [0.3, 0.4) is 0 Å². The molecule has 0 unspecified atom stereocenters. The highest BCUT2D eigenvalue weighted by molar-refractivity contribution is 6.32. The summed E-state index contributed by atoms with van der Waals surface area (Å²) in [5.41, 5.74) is 2.37. The zero-order valence-electron chi connectivity index (χ0n) is 10.4. The summed E-state index contributed by atoms with van der Waals surface area (Å²) in [4.78, 5) is 10.8. The maximum atomic E-state index is 10.8. The van der Waals surface area contributed by atoms with Crippen molar-refractivity contribution in [3.63, 3.8) is 0 Å². The molecule has 2 rings (SSSR count). The van der Waals surface area contributed by atoms with Gasteiger partial charge in [0.15, 0.2) is 0 Å². The molecule has 19 heavy (non-hydrogen) atoms. The molecule has 0 aliphatic heterocycles. The summed E-state index contributed by atoms with van der Waals surface area (Å²) in [5.74, 6) is -0.528. The van der Waals surface area contributed by atoms with E-state index in [0.717, 1.165) is 5.56 Å². The number of carbonyl (C=O) groups is 1. The Morgan fingerprint density at radius 1 is 1.21 bits per heavy atom. The van der Waals surface area contributed by atoms with Crippen LogP contribution >= 0.6 is 11.6 Å². The lowest BCUT2D eigenvalue weighted by molar-refractivity contribution is 0.0697. The maximum absolute atomic E-state index is 10.8. The smallest absolute Gasteiger partial charge is 0.335 e. The minimum Gasteiger partial charge on any atom is -0.487 e. The third-order valence-corrected chi connectivity index (χ3v) is 2.99. The quantitative estimate of drug-likeness (QED) is 0.920. The van der Waals surface area contributed by atoms with Gasteiger partial charge in [-0.1, -0.05) is 41.4 Å². The summed E-state index contributed by atoms with van der Waals surface area (Å²) < 4.78 is 5.57. The molecule has 0 bridgehead atoms. The summed E-state index contributed by atoms with van der Waals surface area (Å²) in [5, 5.41) is 9.13. The lowest BCUT2D eigenvalue weighted by Gasteiger charge is -2.08. The fourth-order valence-electron chi connectivity index (χ4n) is 1.60. The second-order valence-electron chi connectivity index (χ2n) is 4.22. The van der Waals surface area contributed by atoms with Gasteiger partial charge in [0.25, 0.3) is 0 Å². The Labute approximate surface area is 116 Å². The second kappa shape index (κ2) is 5.76. The average molecular weight is 277 g/mol. The van der Waals surface area contributed by atoms with E-state index in [2.05, 4.69) is 0 Å².